The molecule has 1 aromatic rings. The molecule has 124 valence electrons. The van der Waals surface area contributed by atoms with E-state index in [4.69, 9.17) is 0 Å². The van der Waals surface area contributed by atoms with Crippen molar-refractivity contribution in [1.29, 1.82) is 0 Å². The van der Waals surface area contributed by atoms with Gasteiger partial charge in [0.05, 0.1) is 6.10 Å². The lowest BCUT2D eigenvalue weighted by atomic mass is 10.0. The van der Waals surface area contributed by atoms with Crippen molar-refractivity contribution in [3.05, 3.63) is 35.9 Å². The predicted octanol–water partition coefficient (Wildman–Crippen LogP) is 3.54. The van der Waals surface area contributed by atoms with Crippen LogP contribution >= 0.6 is 0 Å². The number of nitrogens with zero attached hydrogens (tertiary/aromatic N) is 1. The summed E-state index contributed by atoms with van der Waals surface area (Å²) in [6, 6.07) is 10.1. The van der Waals surface area contributed by atoms with Gasteiger partial charge in [-0.1, -0.05) is 43.2 Å². The van der Waals surface area contributed by atoms with Gasteiger partial charge in [-0.25, -0.2) is 0 Å². The average molecular weight is 313 g/mol. The lowest BCUT2D eigenvalue weighted by Gasteiger charge is -2.27. The molecular weight excluding hydrogens is 286 g/mol. The topological polar surface area (TPSA) is 40.5 Å². The van der Waals surface area contributed by atoms with Gasteiger partial charge in [0.25, 0.3) is 0 Å². The lowest BCUT2D eigenvalue weighted by Crippen LogP contribution is -2.38. The molecule has 1 saturated heterocycles. The SMILES string of the molecule is O=C(C1C2CCCCC21)N1CCCC1CC(O)c1ccccc1. The van der Waals surface area contributed by atoms with Crippen molar-refractivity contribution < 1.29 is 9.90 Å². The fourth-order valence-corrected chi connectivity index (χ4v) is 4.99. The van der Waals surface area contributed by atoms with Gasteiger partial charge in [-0.3, -0.25) is 4.79 Å². The summed E-state index contributed by atoms with van der Waals surface area (Å²) in [6.07, 6.45) is 7.46. The van der Waals surface area contributed by atoms with Crippen LogP contribution in [0.15, 0.2) is 30.3 Å². The molecule has 3 nitrogen and oxygen atoms in total. The maximum atomic E-state index is 12.9. The zero-order valence-electron chi connectivity index (χ0n) is 13.7. The second-order valence-corrected chi connectivity index (χ2v) is 7.63. The van der Waals surface area contributed by atoms with Gasteiger partial charge in [0.2, 0.25) is 5.91 Å². The first-order valence-corrected chi connectivity index (χ1v) is 9.29. The molecule has 3 heteroatoms. The molecule has 1 aromatic carbocycles. The Morgan fingerprint density at radius 1 is 1.09 bits per heavy atom. The minimum atomic E-state index is -0.462. The van der Waals surface area contributed by atoms with E-state index in [9.17, 15) is 9.90 Å². The van der Waals surface area contributed by atoms with E-state index in [1.807, 2.05) is 30.3 Å². The van der Waals surface area contributed by atoms with E-state index in [0.717, 1.165) is 24.9 Å². The highest BCUT2D eigenvalue weighted by atomic mass is 16.3. The van der Waals surface area contributed by atoms with Gasteiger partial charge in [0.15, 0.2) is 0 Å². The molecule has 3 fully saturated rings. The van der Waals surface area contributed by atoms with Gasteiger partial charge in [-0.2, -0.15) is 0 Å². The second kappa shape index (κ2) is 6.27. The largest absolute Gasteiger partial charge is 0.388 e. The van der Waals surface area contributed by atoms with Crippen molar-refractivity contribution in [1.82, 2.24) is 4.90 Å². The lowest BCUT2D eigenvalue weighted by molar-refractivity contribution is -0.134. The molecule has 3 aliphatic rings. The number of carbonyl (C=O) groups excluding carboxylic acids is 1. The van der Waals surface area contributed by atoms with Crippen LogP contribution in [0.3, 0.4) is 0 Å². The Balaban J connectivity index is 1.40. The summed E-state index contributed by atoms with van der Waals surface area (Å²) in [5, 5.41) is 10.5. The molecule has 1 heterocycles. The first-order valence-electron chi connectivity index (χ1n) is 9.29. The van der Waals surface area contributed by atoms with Crippen LogP contribution in [-0.4, -0.2) is 28.5 Å². The molecule has 2 saturated carbocycles. The summed E-state index contributed by atoms with van der Waals surface area (Å²) in [6.45, 7) is 0.890. The van der Waals surface area contributed by atoms with Gasteiger partial charge < -0.3 is 10.0 Å². The normalized spacial score (nSPS) is 34.0. The summed E-state index contributed by atoms with van der Waals surface area (Å²) in [7, 11) is 0. The van der Waals surface area contributed by atoms with E-state index in [2.05, 4.69) is 4.90 Å². The molecule has 4 rings (SSSR count). The van der Waals surface area contributed by atoms with Crippen LogP contribution in [0.4, 0.5) is 0 Å². The molecule has 0 aromatic heterocycles. The first-order chi connectivity index (χ1) is 11.3. The van der Waals surface area contributed by atoms with Crippen LogP contribution < -0.4 is 0 Å². The highest BCUT2D eigenvalue weighted by Crippen LogP contribution is 2.56. The minimum Gasteiger partial charge on any atom is -0.388 e. The Labute approximate surface area is 138 Å². The number of aliphatic hydroxyl groups is 1. The van der Waals surface area contributed by atoms with Gasteiger partial charge in [-0.05, 0) is 49.5 Å². The molecule has 2 aliphatic carbocycles. The van der Waals surface area contributed by atoms with Crippen LogP contribution in [0.1, 0.15) is 56.6 Å². The molecule has 1 N–H and O–H groups in total. The smallest absolute Gasteiger partial charge is 0.226 e. The number of fused-ring (bicyclic) bond motifs is 1. The standard InChI is InChI=1S/C20H27NO2/c22-18(14-7-2-1-3-8-14)13-15-9-6-12-21(15)20(23)19-16-10-4-5-11-17(16)19/h1-3,7-8,15-19,22H,4-6,9-13H2. The zero-order valence-corrected chi connectivity index (χ0v) is 13.7. The molecule has 0 spiro atoms. The average Bonchev–Trinajstić information content (AvgIpc) is 3.15. The number of benzene rings is 1. The van der Waals surface area contributed by atoms with Crippen molar-refractivity contribution in [2.75, 3.05) is 6.54 Å². The quantitative estimate of drug-likeness (QED) is 0.923. The number of rotatable bonds is 4. The van der Waals surface area contributed by atoms with Crippen molar-refractivity contribution in [2.24, 2.45) is 17.8 Å². The van der Waals surface area contributed by atoms with E-state index in [-0.39, 0.29) is 6.04 Å². The number of amides is 1. The molecule has 1 aliphatic heterocycles. The fourth-order valence-electron chi connectivity index (χ4n) is 4.99. The van der Waals surface area contributed by atoms with Crippen molar-refractivity contribution >= 4 is 5.91 Å². The monoisotopic (exact) mass is 313 g/mol. The first kappa shape index (κ1) is 15.2. The van der Waals surface area contributed by atoms with Crippen LogP contribution in [0, 0.1) is 17.8 Å². The summed E-state index contributed by atoms with van der Waals surface area (Å²) in [5.41, 5.74) is 0.965. The van der Waals surface area contributed by atoms with Crippen LogP contribution in [0.2, 0.25) is 0 Å². The zero-order chi connectivity index (χ0) is 15.8. The third-order valence-corrected chi connectivity index (χ3v) is 6.28. The second-order valence-electron chi connectivity index (χ2n) is 7.63. The third-order valence-electron chi connectivity index (χ3n) is 6.28. The third kappa shape index (κ3) is 2.91. The summed E-state index contributed by atoms with van der Waals surface area (Å²) in [5.74, 6) is 2.06. The Hall–Kier alpha value is -1.35. The van der Waals surface area contributed by atoms with Crippen LogP contribution in [0.5, 0.6) is 0 Å². The Morgan fingerprint density at radius 3 is 2.48 bits per heavy atom. The Morgan fingerprint density at radius 2 is 1.78 bits per heavy atom. The van der Waals surface area contributed by atoms with Crippen molar-refractivity contribution in [3.8, 4) is 0 Å². The molecule has 0 radical (unpaired) electrons. The molecule has 1 amide bonds. The van der Waals surface area contributed by atoms with E-state index in [1.165, 1.54) is 25.7 Å². The number of carbonyl (C=O) groups is 1. The maximum Gasteiger partial charge on any atom is 0.226 e. The molecule has 4 atom stereocenters. The number of aliphatic hydroxyl groups excluding tert-OH is 1. The van der Waals surface area contributed by atoms with E-state index < -0.39 is 6.10 Å². The Kier molecular flexibility index (Phi) is 4.14. The number of hydrogen-bond donors (Lipinski definition) is 1. The highest BCUT2D eigenvalue weighted by Gasteiger charge is 2.56. The van der Waals surface area contributed by atoms with Crippen molar-refractivity contribution in [3.63, 3.8) is 0 Å². The number of likely N-dealkylation sites (tertiary alicyclic amines) is 1. The Bertz CT molecular complexity index is 546. The number of hydrogen-bond acceptors (Lipinski definition) is 2. The summed E-state index contributed by atoms with van der Waals surface area (Å²) in [4.78, 5) is 15.1. The minimum absolute atomic E-state index is 0.223. The van der Waals surface area contributed by atoms with Gasteiger partial charge in [0.1, 0.15) is 0 Å². The highest BCUT2D eigenvalue weighted by molar-refractivity contribution is 5.83. The molecule has 4 unspecified atom stereocenters. The van der Waals surface area contributed by atoms with Crippen LogP contribution in [-0.2, 0) is 4.79 Å². The molecule has 0 bridgehead atoms. The summed E-state index contributed by atoms with van der Waals surface area (Å²) < 4.78 is 0. The van der Waals surface area contributed by atoms with Crippen molar-refractivity contribution in [2.45, 2.75) is 57.1 Å². The predicted molar refractivity (Wildman–Crippen MR) is 89.7 cm³/mol. The maximum absolute atomic E-state index is 12.9. The van der Waals surface area contributed by atoms with E-state index in [1.54, 1.807) is 0 Å². The summed E-state index contributed by atoms with van der Waals surface area (Å²) >= 11 is 0. The van der Waals surface area contributed by atoms with Crippen LogP contribution in [0.25, 0.3) is 0 Å². The van der Waals surface area contributed by atoms with Gasteiger partial charge in [0, 0.05) is 18.5 Å². The molecular formula is C20H27NO2. The van der Waals surface area contributed by atoms with Gasteiger partial charge in [-0.15, -0.1) is 0 Å². The van der Waals surface area contributed by atoms with Gasteiger partial charge >= 0.3 is 0 Å². The van der Waals surface area contributed by atoms with E-state index >= 15 is 0 Å². The van der Waals surface area contributed by atoms with E-state index in [0.29, 0.717) is 30.1 Å². The molecule has 23 heavy (non-hydrogen) atoms. The fraction of sp³-hybridized carbons (Fsp3) is 0.650.